The summed E-state index contributed by atoms with van der Waals surface area (Å²) in [6, 6.07) is 11.0. The summed E-state index contributed by atoms with van der Waals surface area (Å²) in [6.45, 7) is 4.98. The van der Waals surface area contributed by atoms with Crippen LogP contribution in [0.25, 0.3) is 0 Å². The largest absolute Gasteiger partial charge is 0.497 e. The van der Waals surface area contributed by atoms with Crippen LogP contribution in [0, 0.1) is 0 Å². The van der Waals surface area contributed by atoms with Gasteiger partial charge in [0.15, 0.2) is 11.7 Å². The number of nitrogens with two attached hydrogens (primary N) is 1. The Labute approximate surface area is 165 Å². The first kappa shape index (κ1) is 21.3. The van der Waals surface area contributed by atoms with Gasteiger partial charge in [0.05, 0.1) is 20.2 Å². The highest BCUT2D eigenvalue weighted by atomic mass is 16.5. The van der Waals surface area contributed by atoms with Crippen LogP contribution in [0.15, 0.2) is 45.8 Å². The molecule has 2 rings (SSSR count). The topological polar surface area (TPSA) is 111 Å². The fraction of sp³-hybridized carbons (Fsp3) is 0.400. The molecule has 0 aliphatic carbocycles. The normalized spacial score (nSPS) is 11.3. The lowest BCUT2D eigenvalue weighted by Gasteiger charge is -2.12. The molecule has 1 aromatic carbocycles. The van der Waals surface area contributed by atoms with Gasteiger partial charge < -0.3 is 30.3 Å². The maximum atomic E-state index is 11.1. The monoisotopic (exact) mass is 388 g/mol. The SMILES string of the molecule is CCOCCCNC(=NCc1ccc(OC)cc1)NCc1ccc(C(N)=O)o1. The number of methoxy groups -OCH3 is 1. The van der Waals surface area contributed by atoms with Gasteiger partial charge in [0.1, 0.15) is 11.5 Å². The summed E-state index contributed by atoms with van der Waals surface area (Å²) in [6.07, 6.45) is 0.865. The Balaban J connectivity index is 1.94. The van der Waals surface area contributed by atoms with Crippen LogP contribution in [0.5, 0.6) is 5.75 Å². The maximum absolute atomic E-state index is 11.1. The van der Waals surface area contributed by atoms with Crippen molar-refractivity contribution in [3.8, 4) is 5.75 Å². The molecule has 0 spiro atoms. The van der Waals surface area contributed by atoms with Crippen LogP contribution in [0.2, 0.25) is 0 Å². The summed E-state index contributed by atoms with van der Waals surface area (Å²) in [5.41, 5.74) is 6.27. The quantitative estimate of drug-likeness (QED) is 0.309. The summed E-state index contributed by atoms with van der Waals surface area (Å²) in [4.78, 5) is 15.7. The van der Waals surface area contributed by atoms with Gasteiger partial charge in [-0.25, -0.2) is 4.99 Å². The molecule has 1 amide bonds. The Morgan fingerprint density at radius 3 is 2.61 bits per heavy atom. The third kappa shape index (κ3) is 7.32. The Kier molecular flexibility index (Phi) is 8.87. The summed E-state index contributed by atoms with van der Waals surface area (Å²) in [5.74, 6) is 1.60. The molecule has 8 heteroatoms. The average molecular weight is 388 g/mol. The molecule has 0 atom stereocenters. The number of carbonyl (C=O) groups excluding carboxylic acids is 1. The number of carbonyl (C=O) groups is 1. The van der Waals surface area contributed by atoms with Crippen molar-refractivity contribution in [2.75, 3.05) is 26.9 Å². The first-order valence-corrected chi connectivity index (χ1v) is 9.23. The first-order chi connectivity index (χ1) is 13.6. The predicted octanol–water partition coefficient (Wildman–Crippen LogP) is 2.05. The van der Waals surface area contributed by atoms with E-state index in [-0.39, 0.29) is 5.76 Å². The number of guanidine groups is 1. The molecule has 152 valence electrons. The standard InChI is InChI=1S/C20H28N4O4/c1-3-27-12-4-11-22-20(23-13-15-5-7-16(26-2)8-6-15)24-14-17-9-10-18(28-17)19(21)25/h5-10H,3-4,11-14H2,1-2H3,(H2,21,25)(H2,22,23,24). The Bertz CT molecular complexity index is 756. The number of benzene rings is 1. The number of hydrogen-bond acceptors (Lipinski definition) is 5. The van der Waals surface area contributed by atoms with Gasteiger partial charge in [0.2, 0.25) is 0 Å². The van der Waals surface area contributed by atoms with Crippen LogP contribution in [0.1, 0.15) is 35.2 Å². The van der Waals surface area contributed by atoms with Crippen LogP contribution in [0.3, 0.4) is 0 Å². The van der Waals surface area contributed by atoms with Crippen molar-refractivity contribution >= 4 is 11.9 Å². The molecule has 0 unspecified atom stereocenters. The number of nitrogens with one attached hydrogen (secondary N) is 2. The second-order valence-electron chi connectivity index (χ2n) is 5.97. The minimum absolute atomic E-state index is 0.137. The van der Waals surface area contributed by atoms with Crippen LogP contribution < -0.4 is 21.1 Å². The van der Waals surface area contributed by atoms with Crippen molar-refractivity contribution in [1.82, 2.24) is 10.6 Å². The molecule has 0 radical (unpaired) electrons. The van der Waals surface area contributed by atoms with Gasteiger partial charge in [0, 0.05) is 19.8 Å². The van der Waals surface area contributed by atoms with E-state index in [0.29, 0.717) is 38.0 Å². The van der Waals surface area contributed by atoms with Gasteiger partial charge in [-0.1, -0.05) is 12.1 Å². The molecular formula is C20H28N4O4. The predicted molar refractivity (Wildman–Crippen MR) is 107 cm³/mol. The fourth-order valence-electron chi connectivity index (χ4n) is 2.38. The van der Waals surface area contributed by atoms with E-state index in [0.717, 1.165) is 24.3 Å². The highest BCUT2D eigenvalue weighted by molar-refractivity contribution is 5.89. The summed E-state index contributed by atoms with van der Waals surface area (Å²) >= 11 is 0. The zero-order valence-corrected chi connectivity index (χ0v) is 16.4. The maximum Gasteiger partial charge on any atom is 0.284 e. The van der Waals surface area contributed by atoms with Gasteiger partial charge >= 0.3 is 0 Å². The smallest absolute Gasteiger partial charge is 0.284 e. The second kappa shape index (κ2) is 11.7. The van der Waals surface area contributed by atoms with Crippen LogP contribution in [-0.4, -0.2) is 38.7 Å². The third-order valence-electron chi connectivity index (χ3n) is 3.88. The third-order valence-corrected chi connectivity index (χ3v) is 3.88. The number of primary amides is 1. The van der Waals surface area contributed by atoms with Gasteiger partial charge in [-0.2, -0.15) is 0 Å². The van der Waals surface area contributed by atoms with Gasteiger partial charge in [-0.3, -0.25) is 4.79 Å². The molecule has 0 fully saturated rings. The number of furan rings is 1. The zero-order valence-electron chi connectivity index (χ0n) is 16.4. The summed E-state index contributed by atoms with van der Waals surface area (Å²) in [7, 11) is 1.64. The van der Waals surface area contributed by atoms with E-state index < -0.39 is 5.91 Å². The molecule has 8 nitrogen and oxygen atoms in total. The van der Waals surface area contributed by atoms with Crippen molar-refractivity contribution in [2.24, 2.45) is 10.7 Å². The molecule has 0 aliphatic heterocycles. The van der Waals surface area contributed by atoms with E-state index in [1.54, 1.807) is 19.2 Å². The minimum Gasteiger partial charge on any atom is -0.497 e. The van der Waals surface area contributed by atoms with Crippen molar-refractivity contribution in [3.63, 3.8) is 0 Å². The van der Waals surface area contributed by atoms with Gasteiger partial charge in [0.25, 0.3) is 5.91 Å². The van der Waals surface area contributed by atoms with E-state index in [2.05, 4.69) is 15.6 Å². The Hall–Kier alpha value is -3.00. The number of aliphatic imine (C=N–C) groups is 1. The van der Waals surface area contributed by atoms with Gasteiger partial charge in [-0.05, 0) is 43.2 Å². The Morgan fingerprint density at radius 1 is 1.18 bits per heavy atom. The number of amides is 1. The van der Waals surface area contributed by atoms with Gasteiger partial charge in [-0.15, -0.1) is 0 Å². The fourth-order valence-corrected chi connectivity index (χ4v) is 2.38. The molecule has 0 saturated carbocycles. The van der Waals surface area contributed by atoms with Crippen molar-refractivity contribution < 1.29 is 18.7 Å². The lowest BCUT2D eigenvalue weighted by molar-refractivity contribution is 0.0972. The highest BCUT2D eigenvalue weighted by Gasteiger charge is 2.08. The second-order valence-corrected chi connectivity index (χ2v) is 5.97. The number of ether oxygens (including phenoxy) is 2. The van der Waals surface area contributed by atoms with E-state index in [4.69, 9.17) is 19.6 Å². The molecule has 1 aromatic heterocycles. The molecular weight excluding hydrogens is 360 g/mol. The molecule has 4 N–H and O–H groups in total. The molecule has 2 aromatic rings. The zero-order chi connectivity index (χ0) is 20.2. The molecule has 28 heavy (non-hydrogen) atoms. The molecule has 0 bridgehead atoms. The van der Waals surface area contributed by atoms with Crippen LogP contribution in [-0.2, 0) is 17.8 Å². The van der Waals surface area contributed by atoms with Crippen molar-refractivity contribution in [2.45, 2.75) is 26.4 Å². The van der Waals surface area contributed by atoms with Crippen LogP contribution >= 0.6 is 0 Å². The first-order valence-electron chi connectivity index (χ1n) is 9.23. The highest BCUT2D eigenvalue weighted by Crippen LogP contribution is 2.12. The number of hydrogen-bond donors (Lipinski definition) is 3. The van der Waals surface area contributed by atoms with E-state index in [1.165, 1.54) is 0 Å². The molecule has 0 saturated heterocycles. The van der Waals surface area contributed by atoms with E-state index in [1.807, 2.05) is 31.2 Å². The minimum atomic E-state index is -0.589. The lowest BCUT2D eigenvalue weighted by atomic mass is 10.2. The van der Waals surface area contributed by atoms with Crippen molar-refractivity contribution in [3.05, 3.63) is 53.5 Å². The summed E-state index contributed by atoms with van der Waals surface area (Å²) < 4.78 is 15.9. The van der Waals surface area contributed by atoms with Crippen LogP contribution in [0.4, 0.5) is 0 Å². The lowest BCUT2D eigenvalue weighted by Crippen LogP contribution is -2.37. The van der Waals surface area contributed by atoms with Crippen molar-refractivity contribution in [1.29, 1.82) is 0 Å². The number of rotatable bonds is 11. The number of nitrogens with zero attached hydrogens (tertiary/aromatic N) is 1. The van der Waals surface area contributed by atoms with E-state index >= 15 is 0 Å². The average Bonchev–Trinajstić information content (AvgIpc) is 3.19. The Morgan fingerprint density at radius 2 is 1.96 bits per heavy atom. The van der Waals surface area contributed by atoms with E-state index in [9.17, 15) is 4.79 Å². The summed E-state index contributed by atoms with van der Waals surface area (Å²) in [5, 5.41) is 6.47. The molecule has 1 heterocycles. The molecule has 0 aliphatic rings.